The van der Waals surface area contributed by atoms with Crippen LogP contribution in [0.3, 0.4) is 0 Å². The Morgan fingerprint density at radius 1 is 1.36 bits per heavy atom. The van der Waals surface area contributed by atoms with Crippen LogP contribution in [0, 0.1) is 0 Å². The van der Waals surface area contributed by atoms with Crippen molar-refractivity contribution in [1.29, 1.82) is 0 Å². The molecule has 0 aromatic carbocycles. The molecule has 0 aliphatic carbocycles. The van der Waals surface area contributed by atoms with Crippen molar-refractivity contribution in [1.82, 2.24) is 15.3 Å². The molecule has 0 saturated carbocycles. The lowest BCUT2D eigenvalue weighted by Crippen LogP contribution is -2.34. The molecular formula is C8H19N3. The van der Waals surface area contributed by atoms with E-state index in [9.17, 15) is 0 Å². The molecule has 0 atom stereocenters. The minimum absolute atomic E-state index is 1.13. The van der Waals surface area contributed by atoms with Crippen LogP contribution < -0.4 is 5.32 Å². The van der Waals surface area contributed by atoms with Crippen molar-refractivity contribution in [3.63, 3.8) is 0 Å². The summed E-state index contributed by atoms with van der Waals surface area (Å²) in [4.78, 5) is 0. The molecule has 1 aliphatic heterocycles. The van der Waals surface area contributed by atoms with E-state index < -0.39 is 0 Å². The highest BCUT2D eigenvalue weighted by molar-refractivity contribution is 4.63. The van der Waals surface area contributed by atoms with Gasteiger partial charge in [0.1, 0.15) is 0 Å². The van der Waals surface area contributed by atoms with Gasteiger partial charge in [-0.05, 0) is 26.4 Å². The standard InChI is InChI=1S/C8H19N3/c1-9-5-3-7-11-8-4-6-10(11)2/h9H,3-8H2,1-2H3. The molecule has 0 unspecified atom stereocenters. The fraction of sp³-hybridized carbons (Fsp3) is 1.00. The normalized spacial score (nSPS) is 21.3. The van der Waals surface area contributed by atoms with Crippen LogP contribution in [0.4, 0.5) is 0 Å². The van der Waals surface area contributed by atoms with Crippen molar-refractivity contribution in [3.8, 4) is 0 Å². The summed E-state index contributed by atoms with van der Waals surface area (Å²) >= 11 is 0. The van der Waals surface area contributed by atoms with Crippen LogP contribution in [0.2, 0.25) is 0 Å². The lowest BCUT2D eigenvalue weighted by molar-refractivity contribution is 0.0553. The average Bonchev–Trinajstić information content (AvgIpc) is 2.37. The summed E-state index contributed by atoms with van der Waals surface area (Å²) in [5, 5.41) is 7.92. The molecule has 0 aromatic heterocycles. The van der Waals surface area contributed by atoms with Crippen molar-refractivity contribution in [2.24, 2.45) is 0 Å². The van der Waals surface area contributed by atoms with Crippen molar-refractivity contribution in [3.05, 3.63) is 0 Å². The van der Waals surface area contributed by atoms with Gasteiger partial charge in [-0.1, -0.05) is 0 Å². The SMILES string of the molecule is CNCCCN1CCCN1C. The highest BCUT2D eigenvalue weighted by atomic mass is 15.6. The first kappa shape index (κ1) is 8.97. The second kappa shape index (κ2) is 4.70. The molecule has 66 valence electrons. The third-order valence-electron chi connectivity index (χ3n) is 2.22. The number of rotatable bonds is 4. The van der Waals surface area contributed by atoms with Gasteiger partial charge in [-0.2, -0.15) is 0 Å². The maximum absolute atomic E-state index is 3.16. The van der Waals surface area contributed by atoms with Crippen molar-refractivity contribution in [2.45, 2.75) is 12.8 Å². The minimum Gasteiger partial charge on any atom is -0.320 e. The van der Waals surface area contributed by atoms with Crippen LogP contribution in [-0.2, 0) is 0 Å². The summed E-state index contributed by atoms with van der Waals surface area (Å²) in [5.41, 5.74) is 0. The first-order chi connectivity index (χ1) is 5.34. The predicted molar refractivity (Wildman–Crippen MR) is 47.4 cm³/mol. The maximum Gasteiger partial charge on any atom is 0.0146 e. The summed E-state index contributed by atoms with van der Waals surface area (Å²) in [6, 6.07) is 0. The Morgan fingerprint density at radius 3 is 2.73 bits per heavy atom. The van der Waals surface area contributed by atoms with Gasteiger partial charge in [-0.25, -0.2) is 10.0 Å². The summed E-state index contributed by atoms with van der Waals surface area (Å²) in [5.74, 6) is 0. The molecule has 0 bridgehead atoms. The maximum atomic E-state index is 3.16. The zero-order valence-corrected chi connectivity index (χ0v) is 7.64. The molecular weight excluding hydrogens is 138 g/mol. The molecule has 1 heterocycles. The number of nitrogens with one attached hydrogen (secondary N) is 1. The lowest BCUT2D eigenvalue weighted by Gasteiger charge is -2.23. The van der Waals surface area contributed by atoms with E-state index in [0.717, 1.165) is 6.54 Å². The Hall–Kier alpha value is -0.120. The van der Waals surface area contributed by atoms with E-state index in [0.29, 0.717) is 0 Å². The molecule has 1 rings (SSSR count). The van der Waals surface area contributed by atoms with Crippen molar-refractivity contribution in [2.75, 3.05) is 40.3 Å². The van der Waals surface area contributed by atoms with Gasteiger partial charge in [-0.15, -0.1) is 0 Å². The first-order valence-electron chi connectivity index (χ1n) is 4.45. The summed E-state index contributed by atoms with van der Waals surface area (Å²) < 4.78 is 0. The van der Waals surface area contributed by atoms with Crippen LogP contribution in [-0.4, -0.2) is 50.3 Å². The highest BCUT2D eigenvalue weighted by Crippen LogP contribution is 2.06. The third-order valence-corrected chi connectivity index (χ3v) is 2.22. The summed E-state index contributed by atoms with van der Waals surface area (Å²) in [7, 11) is 4.18. The Balaban J connectivity index is 2.05. The van der Waals surface area contributed by atoms with Crippen LogP contribution in [0.25, 0.3) is 0 Å². The van der Waals surface area contributed by atoms with Gasteiger partial charge in [0.25, 0.3) is 0 Å². The zero-order chi connectivity index (χ0) is 8.10. The monoisotopic (exact) mass is 157 g/mol. The Labute approximate surface area is 69.3 Å². The molecule has 1 saturated heterocycles. The summed E-state index contributed by atoms with van der Waals surface area (Å²) in [6.07, 6.45) is 2.58. The average molecular weight is 157 g/mol. The van der Waals surface area contributed by atoms with E-state index in [1.165, 1.54) is 32.5 Å². The van der Waals surface area contributed by atoms with Crippen LogP contribution in [0.1, 0.15) is 12.8 Å². The molecule has 1 aliphatic rings. The fourth-order valence-corrected chi connectivity index (χ4v) is 1.52. The Morgan fingerprint density at radius 2 is 2.18 bits per heavy atom. The van der Waals surface area contributed by atoms with E-state index in [4.69, 9.17) is 0 Å². The van der Waals surface area contributed by atoms with E-state index >= 15 is 0 Å². The van der Waals surface area contributed by atoms with Crippen LogP contribution in [0.5, 0.6) is 0 Å². The number of nitrogens with zero attached hydrogens (tertiary/aromatic N) is 2. The molecule has 3 nitrogen and oxygen atoms in total. The van der Waals surface area contributed by atoms with Gasteiger partial charge in [0.05, 0.1) is 0 Å². The zero-order valence-electron chi connectivity index (χ0n) is 7.64. The number of hydrazine groups is 1. The summed E-state index contributed by atoms with van der Waals surface area (Å²) in [6.45, 7) is 4.82. The molecule has 0 spiro atoms. The molecule has 0 amide bonds. The lowest BCUT2D eigenvalue weighted by atomic mass is 10.4. The third kappa shape index (κ3) is 2.77. The van der Waals surface area contributed by atoms with Gasteiger partial charge >= 0.3 is 0 Å². The molecule has 11 heavy (non-hydrogen) atoms. The number of hydrogen-bond donors (Lipinski definition) is 1. The van der Waals surface area contributed by atoms with E-state index in [-0.39, 0.29) is 0 Å². The fourth-order valence-electron chi connectivity index (χ4n) is 1.52. The first-order valence-corrected chi connectivity index (χ1v) is 4.45. The second-order valence-electron chi connectivity index (χ2n) is 3.15. The molecule has 1 N–H and O–H groups in total. The Kier molecular flexibility index (Phi) is 3.83. The predicted octanol–water partition coefficient (Wildman–Crippen LogP) is 0.148. The van der Waals surface area contributed by atoms with Crippen LogP contribution >= 0.6 is 0 Å². The number of hydrogen-bond acceptors (Lipinski definition) is 3. The van der Waals surface area contributed by atoms with Crippen molar-refractivity contribution >= 4 is 0 Å². The van der Waals surface area contributed by atoms with Gasteiger partial charge < -0.3 is 5.32 Å². The minimum atomic E-state index is 1.13. The molecule has 0 radical (unpaired) electrons. The molecule has 3 heteroatoms. The quantitative estimate of drug-likeness (QED) is 0.586. The van der Waals surface area contributed by atoms with E-state index in [1.807, 2.05) is 7.05 Å². The topological polar surface area (TPSA) is 18.5 Å². The van der Waals surface area contributed by atoms with Gasteiger partial charge in [0, 0.05) is 26.7 Å². The Bertz CT molecular complexity index is 106. The smallest absolute Gasteiger partial charge is 0.0146 e. The molecule has 0 aromatic rings. The van der Waals surface area contributed by atoms with Gasteiger partial charge in [-0.3, -0.25) is 0 Å². The van der Waals surface area contributed by atoms with Gasteiger partial charge in [0.15, 0.2) is 0 Å². The van der Waals surface area contributed by atoms with E-state index in [2.05, 4.69) is 22.4 Å². The highest BCUT2D eigenvalue weighted by Gasteiger charge is 2.16. The van der Waals surface area contributed by atoms with Crippen LogP contribution in [0.15, 0.2) is 0 Å². The largest absolute Gasteiger partial charge is 0.320 e. The van der Waals surface area contributed by atoms with E-state index in [1.54, 1.807) is 0 Å². The molecule has 1 fully saturated rings. The second-order valence-corrected chi connectivity index (χ2v) is 3.15. The van der Waals surface area contributed by atoms with Crippen molar-refractivity contribution < 1.29 is 0 Å². The van der Waals surface area contributed by atoms with Gasteiger partial charge in [0.2, 0.25) is 0 Å².